The third-order valence-electron chi connectivity index (χ3n) is 8.57. The maximum absolute atomic E-state index is 10.1. The van der Waals surface area contributed by atoms with Crippen LogP contribution in [0.15, 0.2) is 23.8 Å². The van der Waals surface area contributed by atoms with E-state index < -0.39 is 0 Å². The van der Waals surface area contributed by atoms with Crippen molar-refractivity contribution >= 4 is 0 Å². The minimum absolute atomic E-state index is 0.104. The molecule has 1 N–H and O–H groups in total. The predicted molar refractivity (Wildman–Crippen MR) is 100 cm³/mol. The molecule has 0 radical (unpaired) electrons. The molecule has 0 saturated heterocycles. The monoisotopic (exact) mass is 337 g/mol. The molecule has 4 aliphatic carbocycles. The Morgan fingerprint density at radius 1 is 1.04 bits per heavy atom. The van der Waals surface area contributed by atoms with E-state index in [0.717, 1.165) is 30.6 Å². The van der Waals surface area contributed by atoms with Crippen molar-refractivity contribution < 1.29 is 5.11 Å². The number of fused-ring (bicyclic) bond motifs is 7. The van der Waals surface area contributed by atoms with Crippen molar-refractivity contribution in [3.8, 4) is 0 Å². The summed E-state index contributed by atoms with van der Waals surface area (Å²) < 4.78 is 0. The molecule has 2 saturated carbocycles. The van der Waals surface area contributed by atoms with E-state index in [1.165, 1.54) is 49.1 Å². The molecule has 1 heterocycles. The van der Waals surface area contributed by atoms with Crippen molar-refractivity contribution in [2.75, 3.05) is 0 Å². The van der Waals surface area contributed by atoms with E-state index in [9.17, 15) is 5.11 Å². The summed E-state index contributed by atoms with van der Waals surface area (Å²) in [7, 11) is 0. The second-order valence-electron chi connectivity index (χ2n) is 9.78. The van der Waals surface area contributed by atoms with Gasteiger partial charge in [0.25, 0.3) is 0 Å². The standard InChI is InChI=1S/C23H31NO/c1-14-4-5-15-12-20-18-7-6-16-13-17(25)8-10-22(16,2)19(18)9-11-23(20,3)21(15)24-14/h4-6,17-20,25H,7-13H2,1-3H3. The van der Waals surface area contributed by atoms with Crippen molar-refractivity contribution in [1.29, 1.82) is 0 Å². The van der Waals surface area contributed by atoms with E-state index in [2.05, 4.69) is 39.0 Å². The number of allylic oxidation sites excluding steroid dienone is 1. The van der Waals surface area contributed by atoms with Gasteiger partial charge in [0, 0.05) is 11.1 Å². The van der Waals surface area contributed by atoms with Crippen LogP contribution in [0, 0.1) is 30.1 Å². The van der Waals surface area contributed by atoms with Gasteiger partial charge in [0.2, 0.25) is 0 Å². The second kappa shape index (κ2) is 5.19. The van der Waals surface area contributed by atoms with Gasteiger partial charge in [0.15, 0.2) is 0 Å². The summed E-state index contributed by atoms with van der Waals surface area (Å²) in [4.78, 5) is 5.01. The van der Waals surface area contributed by atoms with Gasteiger partial charge in [-0.15, -0.1) is 0 Å². The third kappa shape index (κ3) is 2.10. The van der Waals surface area contributed by atoms with Crippen LogP contribution >= 0.6 is 0 Å². The second-order valence-corrected chi connectivity index (χ2v) is 9.78. The number of aliphatic hydroxyl groups is 1. The number of nitrogens with zero attached hydrogens (tertiary/aromatic N) is 1. The smallest absolute Gasteiger partial charge is 0.0577 e. The Balaban J connectivity index is 1.54. The lowest BCUT2D eigenvalue weighted by atomic mass is 9.48. The molecule has 25 heavy (non-hydrogen) atoms. The summed E-state index contributed by atoms with van der Waals surface area (Å²) in [5, 5.41) is 10.1. The minimum Gasteiger partial charge on any atom is -0.393 e. The summed E-state index contributed by atoms with van der Waals surface area (Å²) >= 11 is 0. The molecular weight excluding hydrogens is 306 g/mol. The predicted octanol–water partition coefficient (Wildman–Crippen LogP) is 4.73. The van der Waals surface area contributed by atoms with Gasteiger partial charge in [0.1, 0.15) is 0 Å². The average Bonchev–Trinajstić information content (AvgIpc) is 2.88. The van der Waals surface area contributed by atoms with Crippen LogP contribution in [-0.2, 0) is 11.8 Å². The molecule has 4 aliphatic rings. The van der Waals surface area contributed by atoms with E-state index >= 15 is 0 Å². The first-order valence-electron chi connectivity index (χ1n) is 10.3. The molecule has 6 unspecified atom stereocenters. The quantitative estimate of drug-likeness (QED) is 0.694. The number of hydrogen-bond donors (Lipinski definition) is 1. The maximum Gasteiger partial charge on any atom is 0.0577 e. The molecule has 2 nitrogen and oxygen atoms in total. The first-order valence-corrected chi connectivity index (χ1v) is 10.3. The highest BCUT2D eigenvalue weighted by Crippen LogP contribution is 2.63. The number of aromatic nitrogens is 1. The number of aryl methyl sites for hydroxylation is 1. The van der Waals surface area contributed by atoms with E-state index in [4.69, 9.17) is 4.98 Å². The van der Waals surface area contributed by atoms with Gasteiger partial charge < -0.3 is 5.11 Å². The fraction of sp³-hybridized carbons (Fsp3) is 0.696. The van der Waals surface area contributed by atoms with Crippen LogP contribution in [-0.4, -0.2) is 16.2 Å². The van der Waals surface area contributed by atoms with E-state index in [1.54, 1.807) is 5.57 Å². The number of rotatable bonds is 0. The molecule has 1 aromatic heterocycles. The summed E-state index contributed by atoms with van der Waals surface area (Å²) in [6.45, 7) is 7.14. The van der Waals surface area contributed by atoms with Crippen LogP contribution in [0.25, 0.3) is 0 Å². The molecule has 6 atom stereocenters. The molecule has 2 fully saturated rings. The average molecular weight is 338 g/mol. The lowest BCUT2D eigenvalue weighted by Gasteiger charge is -2.57. The van der Waals surface area contributed by atoms with Gasteiger partial charge >= 0.3 is 0 Å². The highest BCUT2D eigenvalue weighted by Gasteiger charge is 2.57. The molecule has 5 rings (SSSR count). The molecule has 0 aliphatic heterocycles. The molecule has 2 heteroatoms. The van der Waals surface area contributed by atoms with Crippen molar-refractivity contribution in [3.05, 3.63) is 40.7 Å². The van der Waals surface area contributed by atoms with Gasteiger partial charge in [-0.1, -0.05) is 31.6 Å². The fourth-order valence-corrected chi connectivity index (χ4v) is 7.11. The zero-order valence-corrected chi connectivity index (χ0v) is 15.9. The lowest BCUT2D eigenvalue weighted by molar-refractivity contribution is -0.0170. The van der Waals surface area contributed by atoms with Crippen molar-refractivity contribution in [2.45, 2.75) is 77.2 Å². The maximum atomic E-state index is 10.1. The third-order valence-corrected chi connectivity index (χ3v) is 8.57. The van der Waals surface area contributed by atoms with Crippen LogP contribution in [0.4, 0.5) is 0 Å². The lowest BCUT2D eigenvalue weighted by Crippen LogP contribution is -2.51. The van der Waals surface area contributed by atoms with Crippen molar-refractivity contribution in [3.63, 3.8) is 0 Å². The zero-order chi connectivity index (χ0) is 17.4. The summed E-state index contributed by atoms with van der Waals surface area (Å²) in [5.74, 6) is 2.34. The van der Waals surface area contributed by atoms with Crippen LogP contribution in [0.2, 0.25) is 0 Å². The molecule has 0 bridgehead atoms. The number of pyridine rings is 1. The van der Waals surface area contributed by atoms with Crippen LogP contribution in [0.5, 0.6) is 0 Å². The molecule has 0 aromatic carbocycles. The van der Waals surface area contributed by atoms with Crippen molar-refractivity contribution in [1.82, 2.24) is 4.98 Å². The Hall–Kier alpha value is -1.15. The number of hydrogen-bond acceptors (Lipinski definition) is 2. The fourth-order valence-electron chi connectivity index (χ4n) is 7.11. The van der Waals surface area contributed by atoms with Gasteiger partial charge in [-0.2, -0.15) is 0 Å². The highest BCUT2D eigenvalue weighted by molar-refractivity contribution is 5.39. The largest absolute Gasteiger partial charge is 0.393 e. The minimum atomic E-state index is -0.104. The van der Waals surface area contributed by atoms with Gasteiger partial charge in [-0.3, -0.25) is 4.98 Å². The first-order chi connectivity index (χ1) is 11.9. The summed E-state index contributed by atoms with van der Waals surface area (Å²) in [5.41, 5.74) is 6.27. The van der Waals surface area contributed by atoms with Crippen LogP contribution in [0.1, 0.15) is 69.3 Å². The SMILES string of the molecule is Cc1ccc2c(n1)C1(C)CCC3C(CC=C4CC(O)CCC43C)C1C2. The molecular formula is C23H31NO. The van der Waals surface area contributed by atoms with Crippen LogP contribution < -0.4 is 0 Å². The summed E-state index contributed by atoms with van der Waals surface area (Å²) in [6, 6.07) is 4.54. The van der Waals surface area contributed by atoms with Crippen LogP contribution in [0.3, 0.4) is 0 Å². The zero-order valence-electron chi connectivity index (χ0n) is 15.9. The first kappa shape index (κ1) is 16.1. The normalized spacial score (nSPS) is 45.0. The molecule has 0 amide bonds. The van der Waals surface area contributed by atoms with Gasteiger partial charge in [0.05, 0.1) is 11.8 Å². The molecule has 134 valence electrons. The highest BCUT2D eigenvalue weighted by atomic mass is 16.3. The molecule has 0 spiro atoms. The Labute approximate surface area is 151 Å². The Morgan fingerprint density at radius 3 is 2.68 bits per heavy atom. The topological polar surface area (TPSA) is 33.1 Å². The van der Waals surface area contributed by atoms with Gasteiger partial charge in [-0.05, 0) is 86.7 Å². The van der Waals surface area contributed by atoms with E-state index in [0.29, 0.717) is 5.41 Å². The van der Waals surface area contributed by atoms with Crippen molar-refractivity contribution in [2.24, 2.45) is 23.2 Å². The van der Waals surface area contributed by atoms with E-state index in [1.807, 2.05) is 0 Å². The Kier molecular flexibility index (Phi) is 3.33. The van der Waals surface area contributed by atoms with Gasteiger partial charge in [-0.25, -0.2) is 0 Å². The Morgan fingerprint density at radius 2 is 1.84 bits per heavy atom. The van der Waals surface area contributed by atoms with E-state index in [-0.39, 0.29) is 11.5 Å². The summed E-state index contributed by atoms with van der Waals surface area (Å²) in [6.07, 6.45) is 10.6. The number of aliphatic hydroxyl groups excluding tert-OH is 1. The molecule has 1 aromatic rings. The Bertz CT molecular complexity index is 752.